The molecule has 1 heterocycles. The molecule has 1 fully saturated rings. The summed E-state index contributed by atoms with van der Waals surface area (Å²) in [5.74, 6) is 1.57. The number of non-ortho nitro benzene ring substituents is 1. The van der Waals surface area contributed by atoms with Crippen molar-refractivity contribution in [2.75, 3.05) is 38.2 Å². The predicted molar refractivity (Wildman–Crippen MR) is 123 cm³/mol. The van der Waals surface area contributed by atoms with Crippen LogP contribution in [0, 0.1) is 10.1 Å². The molecule has 0 bridgehead atoms. The van der Waals surface area contributed by atoms with E-state index in [4.69, 9.17) is 18.0 Å². The molecule has 2 N–H and O–H groups in total. The van der Waals surface area contributed by atoms with Crippen LogP contribution in [-0.2, 0) is 10.5 Å². The normalized spacial score (nSPS) is 14.9. The molecule has 11 heteroatoms. The van der Waals surface area contributed by atoms with Gasteiger partial charge in [-0.3, -0.25) is 14.9 Å². The SMILES string of the molecule is CSCC[C@H](N)C(=O)N1CCN(C(=S)SCc2ccc([N+](=O)[O-])cc2)CC1.Cl. The van der Waals surface area contributed by atoms with Gasteiger partial charge in [0.05, 0.1) is 11.0 Å². The maximum Gasteiger partial charge on any atom is 0.269 e. The first kappa shape index (κ1) is 25.0. The molecule has 156 valence electrons. The van der Waals surface area contributed by atoms with E-state index >= 15 is 0 Å². The molecular weight excluding hydrogens is 440 g/mol. The average molecular weight is 465 g/mol. The molecular formula is C17H25ClN4O3S3. The molecule has 1 amide bonds. The van der Waals surface area contributed by atoms with Gasteiger partial charge in [0.25, 0.3) is 5.69 Å². The highest BCUT2D eigenvalue weighted by molar-refractivity contribution is 8.22. The number of nitro benzene ring substituents is 1. The first-order chi connectivity index (χ1) is 12.9. The van der Waals surface area contributed by atoms with Crippen LogP contribution in [-0.4, -0.2) is 69.2 Å². The van der Waals surface area contributed by atoms with Gasteiger partial charge in [-0.25, -0.2) is 0 Å². The van der Waals surface area contributed by atoms with Crippen molar-refractivity contribution in [3.8, 4) is 0 Å². The predicted octanol–water partition coefficient (Wildman–Crippen LogP) is 2.76. The summed E-state index contributed by atoms with van der Waals surface area (Å²) >= 11 is 8.73. The van der Waals surface area contributed by atoms with E-state index in [-0.39, 0.29) is 24.0 Å². The molecule has 1 atom stereocenters. The van der Waals surface area contributed by atoms with Crippen molar-refractivity contribution in [3.63, 3.8) is 0 Å². The molecule has 1 aliphatic heterocycles. The highest BCUT2D eigenvalue weighted by Crippen LogP contribution is 2.20. The number of thioether (sulfide) groups is 2. The summed E-state index contributed by atoms with van der Waals surface area (Å²) in [5.41, 5.74) is 7.05. The monoisotopic (exact) mass is 464 g/mol. The van der Waals surface area contributed by atoms with Gasteiger partial charge in [0, 0.05) is 44.1 Å². The third-order valence-corrected chi connectivity index (χ3v) is 6.55. The Labute approximate surface area is 185 Å². The molecule has 0 unspecified atom stereocenters. The van der Waals surface area contributed by atoms with Gasteiger partial charge < -0.3 is 15.5 Å². The molecule has 7 nitrogen and oxygen atoms in total. The Kier molecular flexibility index (Phi) is 11.1. The van der Waals surface area contributed by atoms with E-state index in [1.165, 1.54) is 23.9 Å². The van der Waals surface area contributed by atoms with Gasteiger partial charge in [0.15, 0.2) is 0 Å². The van der Waals surface area contributed by atoms with Crippen LogP contribution >= 0.6 is 48.1 Å². The maximum atomic E-state index is 12.4. The zero-order valence-corrected chi connectivity index (χ0v) is 18.9. The second-order valence-electron chi connectivity index (χ2n) is 6.18. The first-order valence-corrected chi connectivity index (χ1v) is 11.4. The summed E-state index contributed by atoms with van der Waals surface area (Å²) in [4.78, 5) is 26.6. The van der Waals surface area contributed by atoms with Crippen molar-refractivity contribution in [1.82, 2.24) is 9.80 Å². The van der Waals surface area contributed by atoms with Gasteiger partial charge in [-0.1, -0.05) is 36.1 Å². The number of amides is 1. The number of rotatable bonds is 7. The van der Waals surface area contributed by atoms with Gasteiger partial charge in [-0.15, -0.1) is 12.4 Å². The Bertz CT molecular complexity index is 670. The minimum atomic E-state index is -0.424. The fourth-order valence-electron chi connectivity index (χ4n) is 2.66. The molecule has 1 saturated heterocycles. The molecule has 0 radical (unpaired) electrons. The summed E-state index contributed by atoms with van der Waals surface area (Å²) in [6.07, 6.45) is 2.70. The Morgan fingerprint density at radius 1 is 1.25 bits per heavy atom. The lowest BCUT2D eigenvalue weighted by atomic mass is 10.2. The topological polar surface area (TPSA) is 92.7 Å². The van der Waals surface area contributed by atoms with Crippen molar-refractivity contribution in [3.05, 3.63) is 39.9 Å². The van der Waals surface area contributed by atoms with Gasteiger partial charge in [-0.05, 0) is 24.0 Å². The van der Waals surface area contributed by atoms with Crippen molar-refractivity contribution in [2.24, 2.45) is 5.73 Å². The van der Waals surface area contributed by atoms with E-state index in [0.29, 0.717) is 38.4 Å². The fraction of sp³-hybridized carbons (Fsp3) is 0.529. The van der Waals surface area contributed by atoms with Crippen LogP contribution < -0.4 is 5.73 Å². The van der Waals surface area contributed by atoms with Crippen molar-refractivity contribution < 1.29 is 9.72 Å². The van der Waals surface area contributed by atoms with Crippen LogP contribution in [0.5, 0.6) is 0 Å². The molecule has 0 spiro atoms. The standard InChI is InChI=1S/C17H24N4O3S3.ClH/c1-26-11-6-15(18)16(22)19-7-9-20(10-8-19)17(25)27-12-13-2-4-14(5-3-13)21(23)24;/h2-5,15H,6-12,18H2,1H3;1H/t15-;/m0./s1. The van der Waals surface area contributed by atoms with Crippen LogP contribution in [0.25, 0.3) is 0 Å². The van der Waals surface area contributed by atoms with Crippen molar-refractivity contribution in [1.29, 1.82) is 0 Å². The molecule has 28 heavy (non-hydrogen) atoms. The molecule has 1 aromatic carbocycles. The van der Waals surface area contributed by atoms with Gasteiger partial charge >= 0.3 is 0 Å². The first-order valence-electron chi connectivity index (χ1n) is 8.60. The van der Waals surface area contributed by atoms with Gasteiger partial charge in [0.2, 0.25) is 5.91 Å². The zero-order chi connectivity index (χ0) is 19.8. The molecule has 1 aliphatic rings. The number of halogens is 1. The largest absolute Gasteiger partial charge is 0.354 e. The summed E-state index contributed by atoms with van der Waals surface area (Å²) in [7, 11) is 0. The number of hydrogen-bond acceptors (Lipinski definition) is 7. The lowest BCUT2D eigenvalue weighted by molar-refractivity contribution is -0.384. The zero-order valence-electron chi connectivity index (χ0n) is 15.6. The summed E-state index contributed by atoms with van der Waals surface area (Å²) in [6.45, 7) is 2.66. The quantitative estimate of drug-likeness (QED) is 0.374. The Balaban J connectivity index is 0.00000392. The van der Waals surface area contributed by atoms with Crippen molar-refractivity contribution in [2.45, 2.75) is 18.2 Å². The van der Waals surface area contributed by atoms with E-state index in [2.05, 4.69) is 4.90 Å². The van der Waals surface area contributed by atoms with Crippen LogP contribution in [0.4, 0.5) is 5.69 Å². The second kappa shape index (κ2) is 12.5. The third kappa shape index (κ3) is 7.40. The number of carbonyl (C=O) groups excluding carboxylic acids is 1. The Morgan fingerprint density at radius 2 is 1.82 bits per heavy atom. The van der Waals surface area contributed by atoms with Gasteiger partial charge in [-0.2, -0.15) is 11.8 Å². The molecule has 2 rings (SSSR count). The molecule has 0 aliphatic carbocycles. The average Bonchev–Trinajstić information content (AvgIpc) is 2.70. The number of nitro groups is 1. The Morgan fingerprint density at radius 3 is 2.36 bits per heavy atom. The Hall–Kier alpha value is -1.07. The third-order valence-electron chi connectivity index (χ3n) is 4.31. The summed E-state index contributed by atoms with van der Waals surface area (Å²) in [5, 5.41) is 10.7. The minimum Gasteiger partial charge on any atom is -0.354 e. The van der Waals surface area contributed by atoms with E-state index < -0.39 is 11.0 Å². The van der Waals surface area contributed by atoms with E-state index in [1.807, 2.05) is 11.2 Å². The van der Waals surface area contributed by atoms with E-state index in [1.54, 1.807) is 23.9 Å². The summed E-state index contributed by atoms with van der Waals surface area (Å²) in [6, 6.07) is 6.08. The van der Waals surface area contributed by atoms with Crippen molar-refractivity contribution >= 4 is 64.1 Å². The van der Waals surface area contributed by atoms with Crippen LogP contribution in [0.15, 0.2) is 24.3 Å². The molecule has 0 aromatic heterocycles. The minimum absolute atomic E-state index is 0. The molecule has 1 aromatic rings. The maximum absolute atomic E-state index is 12.4. The summed E-state index contributed by atoms with van der Waals surface area (Å²) < 4.78 is 0.784. The highest BCUT2D eigenvalue weighted by Gasteiger charge is 2.26. The van der Waals surface area contributed by atoms with Crippen LogP contribution in [0.1, 0.15) is 12.0 Å². The number of benzene rings is 1. The number of piperazine rings is 1. The fourth-order valence-corrected chi connectivity index (χ4v) is 4.36. The number of hydrogen-bond donors (Lipinski definition) is 1. The molecule has 0 saturated carbocycles. The number of thiocarbonyl (C=S) groups is 1. The lowest BCUT2D eigenvalue weighted by Crippen LogP contribution is -2.53. The smallest absolute Gasteiger partial charge is 0.269 e. The number of nitrogens with zero attached hydrogens (tertiary/aromatic N) is 3. The van der Waals surface area contributed by atoms with Gasteiger partial charge in [0.1, 0.15) is 4.32 Å². The lowest BCUT2D eigenvalue weighted by Gasteiger charge is -2.37. The number of carbonyl (C=O) groups is 1. The second-order valence-corrected chi connectivity index (χ2v) is 8.77. The van der Waals surface area contributed by atoms with Crippen LogP contribution in [0.3, 0.4) is 0 Å². The van der Waals surface area contributed by atoms with E-state index in [0.717, 1.165) is 15.6 Å². The highest BCUT2D eigenvalue weighted by atomic mass is 35.5. The van der Waals surface area contributed by atoms with Crippen LogP contribution in [0.2, 0.25) is 0 Å². The van der Waals surface area contributed by atoms with E-state index in [9.17, 15) is 14.9 Å². The number of nitrogens with two attached hydrogens (primary N) is 1.